The molecule has 0 radical (unpaired) electrons. The number of halogens is 3. The van der Waals surface area contributed by atoms with Gasteiger partial charge in [-0.3, -0.25) is 4.79 Å². The number of anilines is 3. The molecule has 0 atom stereocenters. The van der Waals surface area contributed by atoms with Gasteiger partial charge in [0.05, 0.1) is 28.7 Å². The summed E-state index contributed by atoms with van der Waals surface area (Å²) >= 11 is 0. The number of alkyl halides is 3. The van der Waals surface area contributed by atoms with Gasteiger partial charge in [-0.2, -0.15) is 13.2 Å². The first kappa shape index (κ1) is 19.0. The fraction of sp³-hybridized carbons (Fsp3) is 0.250. The fourth-order valence-corrected chi connectivity index (χ4v) is 3.28. The maximum absolute atomic E-state index is 13.0. The molecule has 3 aromatic rings. The van der Waals surface area contributed by atoms with E-state index in [9.17, 15) is 18.0 Å². The van der Waals surface area contributed by atoms with Crippen LogP contribution in [0.25, 0.3) is 10.9 Å². The number of hydrogen-bond acceptors (Lipinski definition) is 5. The van der Waals surface area contributed by atoms with Crippen molar-refractivity contribution in [3.63, 3.8) is 0 Å². The van der Waals surface area contributed by atoms with Gasteiger partial charge in [0.2, 0.25) is 5.91 Å². The van der Waals surface area contributed by atoms with Crippen molar-refractivity contribution in [2.45, 2.75) is 19.5 Å². The van der Waals surface area contributed by atoms with Gasteiger partial charge in [-0.15, -0.1) is 0 Å². The molecule has 0 fully saturated rings. The van der Waals surface area contributed by atoms with E-state index in [4.69, 9.17) is 4.74 Å². The number of amides is 1. The van der Waals surface area contributed by atoms with Gasteiger partial charge < -0.3 is 15.0 Å². The first-order valence-corrected chi connectivity index (χ1v) is 9.03. The summed E-state index contributed by atoms with van der Waals surface area (Å²) in [4.78, 5) is 22.4. The van der Waals surface area contributed by atoms with Crippen LogP contribution in [0.1, 0.15) is 18.9 Å². The summed E-state index contributed by atoms with van der Waals surface area (Å²) in [7, 11) is 0. The molecule has 0 saturated heterocycles. The van der Waals surface area contributed by atoms with Gasteiger partial charge in [0.1, 0.15) is 18.8 Å². The van der Waals surface area contributed by atoms with Gasteiger partial charge in [0.15, 0.2) is 5.75 Å². The number of aromatic nitrogens is 2. The zero-order valence-electron chi connectivity index (χ0n) is 15.5. The van der Waals surface area contributed by atoms with Crippen LogP contribution in [0.2, 0.25) is 0 Å². The minimum Gasteiger partial charge on any atom is -0.489 e. The van der Waals surface area contributed by atoms with Crippen molar-refractivity contribution in [3.05, 3.63) is 48.3 Å². The number of ether oxygens (including phenoxy) is 1. The highest BCUT2D eigenvalue weighted by atomic mass is 19.4. The molecular weight excluding hydrogens is 385 g/mol. The lowest BCUT2D eigenvalue weighted by Gasteiger charge is -2.30. The average molecular weight is 402 g/mol. The van der Waals surface area contributed by atoms with Crippen LogP contribution < -0.4 is 15.0 Å². The number of nitrogens with zero attached hydrogens (tertiary/aromatic N) is 3. The molecule has 0 unspecified atom stereocenters. The SMILES string of the molecule is CCC(=O)N1CCOc2c1ccc1ncnc(Nc3cccc(C(F)(F)F)c3)c21. The molecule has 1 aliphatic heterocycles. The zero-order valence-corrected chi connectivity index (χ0v) is 15.5. The summed E-state index contributed by atoms with van der Waals surface area (Å²) in [5, 5.41) is 3.44. The van der Waals surface area contributed by atoms with E-state index in [2.05, 4.69) is 15.3 Å². The minimum absolute atomic E-state index is 0.0434. The Hall–Kier alpha value is -3.36. The summed E-state index contributed by atoms with van der Waals surface area (Å²) in [6, 6.07) is 8.34. The van der Waals surface area contributed by atoms with Gasteiger partial charge >= 0.3 is 6.18 Å². The smallest absolute Gasteiger partial charge is 0.416 e. The number of nitrogens with one attached hydrogen (secondary N) is 1. The topological polar surface area (TPSA) is 67.4 Å². The minimum atomic E-state index is -4.45. The lowest BCUT2D eigenvalue weighted by atomic mass is 10.1. The van der Waals surface area contributed by atoms with Crippen molar-refractivity contribution in [2.24, 2.45) is 0 Å². The summed E-state index contributed by atoms with van der Waals surface area (Å²) in [6.45, 7) is 2.51. The molecule has 29 heavy (non-hydrogen) atoms. The number of carbonyl (C=O) groups excluding carboxylic acids is 1. The second-order valence-corrected chi connectivity index (χ2v) is 6.48. The van der Waals surface area contributed by atoms with E-state index >= 15 is 0 Å². The molecular formula is C20H17F3N4O2. The van der Waals surface area contributed by atoms with Gasteiger partial charge in [-0.25, -0.2) is 9.97 Å². The van der Waals surface area contributed by atoms with Crippen LogP contribution in [0.5, 0.6) is 5.75 Å². The van der Waals surface area contributed by atoms with Crippen LogP contribution in [-0.4, -0.2) is 29.0 Å². The van der Waals surface area contributed by atoms with Crippen LogP contribution in [0.3, 0.4) is 0 Å². The second-order valence-electron chi connectivity index (χ2n) is 6.48. The van der Waals surface area contributed by atoms with Gasteiger partial charge in [-0.05, 0) is 30.3 Å². The van der Waals surface area contributed by atoms with Crippen LogP contribution in [0.15, 0.2) is 42.7 Å². The Labute approximate surface area is 164 Å². The Morgan fingerprint density at radius 2 is 2.07 bits per heavy atom. The van der Waals surface area contributed by atoms with E-state index in [1.807, 2.05) is 0 Å². The van der Waals surface area contributed by atoms with Gasteiger partial charge in [0, 0.05) is 12.1 Å². The highest BCUT2D eigenvalue weighted by molar-refractivity contribution is 6.04. The van der Waals surface area contributed by atoms with Crippen molar-refractivity contribution in [2.75, 3.05) is 23.4 Å². The average Bonchev–Trinajstić information content (AvgIpc) is 2.72. The quantitative estimate of drug-likeness (QED) is 0.697. The third-order valence-corrected chi connectivity index (χ3v) is 4.64. The van der Waals surface area contributed by atoms with E-state index in [0.717, 1.165) is 12.1 Å². The largest absolute Gasteiger partial charge is 0.489 e. The molecule has 1 N–H and O–H groups in total. The molecule has 1 aromatic heterocycles. The number of rotatable bonds is 3. The number of benzene rings is 2. The third kappa shape index (κ3) is 3.55. The Kier molecular flexibility index (Phi) is 4.73. The molecule has 0 bridgehead atoms. The molecule has 150 valence electrons. The van der Waals surface area contributed by atoms with E-state index in [1.165, 1.54) is 18.5 Å². The van der Waals surface area contributed by atoms with E-state index in [-0.39, 0.29) is 11.6 Å². The Morgan fingerprint density at radius 3 is 2.83 bits per heavy atom. The van der Waals surface area contributed by atoms with Crippen molar-refractivity contribution < 1.29 is 22.7 Å². The Morgan fingerprint density at radius 1 is 1.24 bits per heavy atom. The van der Waals surface area contributed by atoms with E-state index in [1.54, 1.807) is 24.0 Å². The number of hydrogen-bond donors (Lipinski definition) is 1. The Bertz CT molecular complexity index is 1080. The lowest BCUT2D eigenvalue weighted by Crippen LogP contribution is -2.37. The van der Waals surface area contributed by atoms with E-state index in [0.29, 0.717) is 47.7 Å². The van der Waals surface area contributed by atoms with Gasteiger partial charge in [0.25, 0.3) is 0 Å². The molecule has 2 aromatic carbocycles. The molecule has 6 nitrogen and oxygen atoms in total. The van der Waals surface area contributed by atoms with Crippen molar-refractivity contribution in [1.82, 2.24) is 9.97 Å². The van der Waals surface area contributed by atoms with Crippen molar-refractivity contribution >= 4 is 34.0 Å². The maximum Gasteiger partial charge on any atom is 0.416 e. The summed E-state index contributed by atoms with van der Waals surface area (Å²) in [6.07, 6.45) is -2.78. The van der Waals surface area contributed by atoms with E-state index < -0.39 is 11.7 Å². The second kappa shape index (κ2) is 7.23. The first-order valence-electron chi connectivity index (χ1n) is 9.03. The highest BCUT2D eigenvalue weighted by Crippen LogP contribution is 2.41. The van der Waals surface area contributed by atoms with Crippen LogP contribution >= 0.6 is 0 Å². The molecule has 9 heteroatoms. The zero-order chi connectivity index (χ0) is 20.6. The van der Waals surface area contributed by atoms with Crippen LogP contribution in [0.4, 0.5) is 30.4 Å². The summed E-state index contributed by atoms with van der Waals surface area (Å²) < 4.78 is 44.9. The summed E-state index contributed by atoms with van der Waals surface area (Å²) in [5.41, 5.74) is 0.616. The number of carbonyl (C=O) groups is 1. The van der Waals surface area contributed by atoms with Crippen LogP contribution in [0, 0.1) is 0 Å². The normalized spacial score (nSPS) is 13.7. The highest BCUT2D eigenvalue weighted by Gasteiger charge is 2.31. The predicted molar refractivity (Wildman–Crippen MR) is 102 cm³/mol. The number of fused-ring (bicyclic) bond motifs is 3. The molecule has 1 aliphatic rings. The molecule has 0 saturated carbocycles. The standard InChI is InChI=1S/C20H17F3N4O2/c1-2-16(28)27-8-9-29-18-15(27)7-6-14-17(18)19(25-11-24-14)26-13-5-3-4-12(10-13)20(21,22)23/h3-7,10-11H,2,8-9H2,1H3,(H,24,25,26). The monoisotopic (exact) mass is 402 g/mol. The van der Waals surface area contributed by atoms with Crippen molar-refractivity contribution in [1.29, 1.82) is 0 Å². The Balaban J connectivity index is 1.81. The molecule has 0 aliphatic carbocycles. The maximum atomic E-state index is 13.0. The lowest BCUT2D eigenvalue weighted by molar-refractivity contribution is -0.137. The first-order chi connectivity index (χ1) is 13.9. The molecule has 0 spiro atoms. The predicted octanol–water partition coefficient (Wildman–Crippen LogP) is 4.53. The third-order valence-electron chi connectivity index (χ3n) is 4.64. The van der Waals surface area contributed by atoms with Crippen LogP contribution in [-0.2, 0) is 11.0 Å². The fourth-order valence-electron chi connectivity index (χ4n) is 3.28. The molecule has 2 heterocycles. The summed E-state index contributed by atoms with van der Waals surface area (Å²) in [5.74, 6) is 0.695. The van der Waals surface area contributed by atoms with Gasteiger partial charge in [-0.1, -0.05) is 13.0 Å². The van der Waals surface area contributed by atoms with Crippen molar-refractivity contribution in [3.8, 4) is 5.75 Å². The molecule has 4 rings (SSSR count). The molecule has 1 amide bonds.